The summed E-state index contributed by atoms with van der Waals surface area (Å²) in [6.07, 6.45) is -0.367. The zero-order chi connectivity index (χ0) is 19.1. The molecule has 0 aliphatic carbocycles. The van der Waals surface area contributed by atoms with Crippen LogP contribution in [0, 0.1) is 0 Å². The molecule has 1 aliphatic rings. The minimum absolute atomic E-state index is 0.399. The standard InChI is InChI=1S/C18H25N3O5/c1-20(2)11-12-26-14-7-5-13(6-8-14)19-17(24)15(22)16(23)18(25)21-9-3-4-10-21/h5-8,15,22H,3-4,9-12H2,1-2H3,(H,19,24)/t15-/m1/s1. The first-order valence-electron chi connectivity index (χ1n) is 8.58. The SMILES string of the molecule is CN(C)CCOc1ccc(NC(=O)[C@H](O)C(=O)C(=O)N2CCCC2)cc1. The summed E-state index contributed by atoms with van der Waals surface area (Å²) in [6.45, 7) is 2.27. The first-order chi connectivity index (χ1) is 12.4. The van der Waals surface area contributed by atoms with Crippen molar-refractivity contribution >= 4 is 23.3 Å². The molecule has 2 N–H and O–H groups in total. The number of likely N-dealkylation sites (N-methyl/N-ethyl adjacent to an activating group) is 1. The topological polar surface area (TPSA) is 99.2 Å². The second kappa shape index (κ2) is 9.30. The number of hydrogen-bond donors (Lipinski definition) is 2. The van der Waals surface area contributed by atoms with Gasteiger partial charge >= 0.3 is 0 Å². The van der Waals surface area contributed by atoms with Gasteiger partial charge in [-0.25, -0.2) is 0 Å². The third kappa shape index (κ3) is 5.53. The van der Waals surface area contributed by atoms with Gasteiger partial charge in [-0.3, -0.25) is 14.4 Å². The summed E-state index contributed by atoms with van der Waals surface area (Å²) >= 11 is 0. The van der Waals surface area contributed by atoms with Gasteiger partial charge in [0.2, 0.25) is 6.10 Å². The zero-order valence-corrected chi connectivity index (χ0v) is 15.1. The highest BCUT2D eigenvalue weighted by Gasteiger charge is 2.33. The first kappa shape index (κ1) is 19.9. The van der Waals surface area contributed by atoms with Crippen LogP contribution in [0.25, 0.3) is 0 Å². The van der Waals surface area contributed by atoms with Crippen molar-refractivity contribution < 1.29 is 24.2 Å². The third-order valence-corrected chi connectivity index (χ3v) is 4.03. The lowest BCUT2D eigenvalue weighted by Gasteiger charge is -2.16. The van der Waals surface area contributed by atoms with E-state index in [-0.39, 0.29) is 0 Å². The highest BCUT2D eigenvalue weighted by Crippen LogP contribution is 2.16. The van der Waals surface area contributed by atoms with Gasteiger partial charge in [-0.2, -0.15) is 0 Å². The van der Waals surface area contributed by atoms with E-state index < -0.39 is 23.7 Å². The van der Waals surface area contributed by atoms with Crippen molar-refractivity contribution in [2.24, 2.45) is 0 Å². The van der Waals surface area contributed by atoms with Crippen LogP contribution in [0.5, 0.6) is 5.75 Å². The van der Waals surface area contributed by atoms with Crippen LogP contribution < -0.4 is 10.1 Å². The molecule has 0 unspecified atom stereocenters. The van der Waals surface area contributed by atoms with Crippen LogP contribution in [0.2, 0.25) is 0 Å². The molecule has 1 aromatic rings. The molecule has 26 heavy (non-hydrogen) atoms. The number of aliphatic hydroxyl groups is 1. The van der Waals surface area contributed by atoms with Crippen molar-refractivity contribution in [1.29, 1.82) is 0 Å². The van der Waals surface area contributed by atoms with Gasteiger partial charge in [0.1, 0.15) is 12.4 Å². The maximum atomic E-state index is 12.0. The molecule has 0 radical (unpaired) electrons. The molecular formula is C18H25N3O5. The van der Waals surface area contributed by atoms with E-state index in [0.29, 0.717) is 31.1 Å². The summed E-state index contributed by atoms with van der Waals surface area (Å²) in [5, 5.41) is 12.3. The number of carbonyl (C=O) groups is 3. The molecule has 8 nitrogen and oxygen atoms in total. The summed E-state index contributed by atoms with van der Waals surface area (Å²) in [5.74, 6) is -2.20. The number of nitrogens with zero attached hydrogens (tertiary/aromatic N) is 2. The second-order valence-electron chi connectivity index (χ2n) is 6.43. The van der Waals surface area contributed by atoms with Crippen molar-refractivity contribution in [3.05, 3.63) is 24.3 Å². The summed E-state index contributed by atoms with van der Waals surface area (Å²) in [7, 11) is 3.89. The number of aliphatic hydroxyl groups excluding tert-OH is 1. The highest BCUT2D eigenvalue weighted by atomic mass is 16.5. The van der Waals surface area contributed by atoms with Crippen molar-refractivity contribution in [1.82, 2.24) is 9.80 Å². The Kier molecular flexibility index (Phi) is 7.11. The molecule has 0 saturated carbocycles. The van der Waals surface area contributed by atoms with Gasteiger partial charge < -0.3 is 25.0 Å². The number of amides is 2. The van der Waals surface area contributed by atoms with E-state index in [9.17, 15) is 19.5 Å². The molecule has 1 fully saturated rings. The van der Waals surface area contributed by atoms with Crippen LogP contribution in [-0.2, 0) is 14.4 Å². The number of hydrogen-bond acceptors (Lipinski definition) is 6. The fourth-order valence-electron chi connectivity index (χ4n) is 2.50. The quantitative estimate of drug-likeness (QED) is 0.503. The van der Waals surface area contributed by atoms with Crippen LogP contribution in [0.15, 0.2) is 24.3 Å². The Morgan fingerprint density at radius 2 is 1.81 bits per heavy atom. The number of anilines is 1. The Hall–Kier alpha value is -2.45. The smallest absolute Gasteiger partial charge is 0.293 e. The third-order valence-electron chi connectivity index (χ3n) is 4.03. The fourth-order valence-corrected chi connectivity index (χ4v) is 2.50. The number of likely N-dealkylation sites (tertiary alicyclic amines) is 1. The molecule has 8 heteroatoms. The van der Waals surface area contributed by atoms with Crippen LogP contribution in [0.4, 0.5) is 5.69 Å². The van der Waals surface area contributed by atoms with Crippen molar-refractivity contribution in [2.75, 3.05) is 45.7 Å². The lowest BCUT2D eigenvalue weighted by molar-refractivity contribution is -0.151. The van der Waals surface area contributed by atoms with Crippen LogP contribution >= 0.6 is 0 Å². The van der Waals surface area contributed by atoms with E-state index in [1.54, 1.807) is 24.3 Å². The summed E-state index contributed by atoms with van der Waals surface area (Å²) in [6, 6.07) is 6.55. The maximum Gasteiger partial charge on any atom is 0.293 e. The lowest BCUT2D eigenvalue weighted by atomic mass is 10.2. The molecule has 1 saturated heterocycles. The Labute approximate surface area is 152 Å². The predicted molar refractivity (Wildman–Crippen MR) is 95.9 cm³/mol. The lowest BCUT2D eigenvalue weighted by Crippen LogP contribution is -2.45. The summed E-state index contributed by atoms with van der Waals surface area (Å²) in [5.41, 5.74) is 0.399. The number of carbonyl (C=O) groups excluding carboxylic acids is 3. The van der Waals surface area contributed by atoms with Crippen molar-refractivity contribution in [3.63, 3.8) is 0 Å². The van der Waals surface area contributed by atoms with E-state index in [1.807, 2.05) is 19.0 Å². The molecule has 0 aromatic heterocycles. The molecule has 1 aliphatic heterocycles. The molecule has 1 heterocycles. The molecule has 1 aromatic carbocycles. The fraction of sp³-hybridized carbons (Fsp3) is 0.500. The molecule has 142 valence electrons. The second-order valence-corrected chi connectivity index (χ2v) is 6.43. The average Bonchev–Trinajstić information content (AvgIpc) is 3.15. The zero-order valence-electron chi connectivity index (χ0n) is 15.1. The number of ether oxygens (including phenoxy) is 1. The van der Waals surface area contributed by atoms with Gasteiger partial charge in [-0.15, -0.1) is 0 Å². The van der Waals surface area contributed by atoms with Crippen LogP contribution in [0.1, 0.15) is 12.8 Å². The maximum absolute atomic E-state index is 12.0. The number of rotatable bonds is 8. The largest absolute Gasteiger partial charge is 0.492 e. The Balaban J connectivity index is 1.85. The van der Waals surface area contributed by atoms with Gasteiger partial charge in [-0.1, -0.05) is 0 Å². The van der Waals surface area contributed by atoms with Gasteiger partial charge in [0.25, 0.3) is 17.6 Å². The normalized spacial score (nSPS) is 15.0. The van der Waals surface area contributed by atoms with Gasteiger partial charge in [0.05, 0.1) is 0 Å². The van der Waals surface area contributed by atoms with Gasteiger partial charge in [0.15, 0.2) is 0 Å². The Morgan fingerprint density at radius 3 is 2.38 bits per heavy atom. The Bertz CT molecular complexity index is 639. The minimum Gasteiger partial charge on any atom is -0.492 e. The summed E-state index contributed by atoms with van der Waals surface area (Å²) in [4.78, 5) is 39.3. The minimum atomic E-state index is -2.01. The number of Topliss-reactive ketones (excluding diaryl/α,β-unsaturated/α-hetero) is 1. The van der Waals surface area contributed by atoms with Crippen LogP contribution in [0.3, 0.4) is 0 Å². The molecule has 0 spiro atoms. The number of benzene rings is 1. The molecular weight excluding hydrogens is 338 g/mol. The van der Waals surface area contributed by atoms with E-state index in [0.717, 1.165) is 19.4 Å². The van der Waals surface area contributed by atoms with Gasteiger partial charge in [0, 0.05) is 25.3 Å². The van der Waals surface area contributed by atoms with E-state index in [4.69, 9.17) is 4.74 Å². The van der Waals surface area contributed by atoms with E-state index >= 15 is 0 Å². The monoisotopic (exact) mass is 363 g/mol. The number of nitrogens with one attached hydrogen (secondary N) is 1. The first-order valence-corrected chi connectivity index (χ1v) is 8.58. The Morgan fingerprint density at radius 1 is 1.19 bits per heavy atom. The van der Waals surface area contributed by atoms with Crippen LogP contribution in [-0.4, -0.2) is 78.9 Å². The van der Waals surface area contributed by atoms with E-state index in [2.05, 4.69) is 5.32 Å². The number of ketones is 1. The molecule has 0 bridgehead atoms. The predicted octanol–water partition coefficient (Wildman–Crippen LogP) is 0.118. The molecule has 1 atom stereocenters. The average molecular weight is 363 g/mol. The molecule has 2 amide bonds. The van der Waals surface area contributed by atoms with Crippen molar-refractivity contribution in [3.8, 4) is 5.75 Å². The summed E-state index contributed by atoms with van der Waals surface area (Å²) < 4.78 is 5.54. The molecule has 2 rings (SSSR count). The van der Waals surface area contributed by atoms with Gasteiger partial charge in [-0.05, 0) is 51.2 Å². The highest BCUT2D eigenvalue weighted by molar-refractivity contribution is 6.42. The van der Waals surface area contributed by atoms with E-state index in [1.165, 1.54) is 4.90 Å². The van der Waals surface area contributed by atoms with Crippen molar-refractivity contribution in [2.45, 2.75) is 18.9 Å².